The molecule has 2 aliphatic heterocycles. The Labute approximate surface area is 170 Å². The lowest BCUT2D eigenvalue weighted by Crippen LogP contribution is -2.40. The van der Waals surface area contributed by atoms with Gasteiger partial charge in [0.15, 0.2) is 0 Å². The van der Waals surface area contributed by atoms with Crippen LogP contribution in [0.15, 0.2) is 36.4 Å². The number of hydrogen-bond acceptors (Lipinski definition) is 3. The Bertz CT molecular complexity index is 894. The maximum Gasteiger partial charge on any atom is 0.253 e. The fourth-order valence-electron chi connectivity index (χ4n) is 6.45. The van der Waals surface area contributed by atoms with E-state index in [9.17, 15) is 14.4 Å². The molecule has 2 saturated heterocycles. The minimum absolute atomic E-state index is 0.00763. The van der Waals surface area contributed by atoms with Crippen molar-refractivity contribution in [1.82, 2.24) is 4.90 Å². The average Bonchev–Trinajstić information content (AvgIpc) is 3.55. The van der Waals surface area contributed by atoms with E-state index in [-0.39, 0.29) is 41.4 Å². The molecule has 6 atom stereocenters. The highest BCUT2D eigenvalue weighted by Gasteiger charge is 2.67. The van der Waals surface area contributed by atoms with Gasteiger partial charge in [-0.2, -0.15) is 0 Å². The summed E-state index contributed by atoms with van der Waals surface area (Å²) >= 11 is 0. The van der Waals surface area contributed by atoms with Crippen molar-refractivity contribution in [2.45, 2.75) is 32.1 Å². The summed E-state index contributed by atoms with van der Waals surface area (Å²) in [6.45, 7) is 1.57. The van der Waals surface area contributed by atoms with Crippen molar-refractivity contribution in [2.75, 3.05) is 18.0 Å². The van der Waals surface area contributed by atoms with Crippen LogP contribution in [0.25, 0.3) is 0 Å². The van der Waals surface area contributed by atoms with Gasteiger partial charge < -0.3 is 4.90 Å². The predicted octanol–water partition coefficient (Wildman–Crippen LogP) is 3.26. The van der Waals surface area contributed by atoms with Crippen molar-refractivity contribution >= 4 is 23.4 Å². The summed E-state index contributed by atoms with van der Waals surface area (Å²) in [4.78, 5) is 42.9. The zero-order valence-corrected chi connectivity index (χ0v) is 16.5. The first-order chi connectivity index (χ1) is 14.1. The summed E-state index contributed by atoms with van der Waals surface area (Å²) in [5.74, 6) is 1.10. The molecule has 7 rings (SSSR count). The Hall–Kier alpha value is -2.43. The van der Waals surface area contributed by atoms with Crippen molar-refractivity contribution in [2.24, 2.45) is 35.5 Å². The van der Waals surface area contributed by atoms with Gasteiger partial charge in [0.1, 0.15) is 0 Å². The number of anilines is 1. The van der Waals surface area contributed by atoms with Crippen molar-refractivity contribution in [3.05, 3.63) is 42.0 Å². The molecule has 4 fully saturated rings. The van der Waals surface area contributed by atoms with Crippen molar-refractivity contribution in [1.29, 1.82) is 0 Å². The summed E-state index contributed by atoms with van der Waals surface area (Å²) in [6.07, 6.45) is 9.95. The number of carbonyl (C=O) groups excluding carboxylic acids is 3. The van der Waals surface area contributed by atoms with Gasteiger partial charge in [-0.15, -0.1) is 0 Å². The number of nitrogens with zero attached hydrogens (tertiary/aromatic N) is 2. The first-order valence-corrected chi connectivity index (χ1v) is 11.1. The van der Waals surface area contributed by atoms with Gasteiger partial charge in [0, 0.05) is 18.7 Å². The molecule has 0 spiro atoms. The van der Waals surface area contributed by atoms with Gasteiger partial charge in [0.05, 0.1) is 17.5 Å². The Kier molecular flexibility index (Phi) is 3.78. The van der Waals surface area contributed by atoms with Crippen LogP contribution < -0.4 is 4.90 Å². The Morgan fingerprint density at radius 2 is 1.48 bits per heavy atom. The highest BCUT2D eigenvalue weighted by atomic mass is 16.2. The quantitative estimate of drug-likeness (QED) is 0.575. The molecule has 1 aromatic rings. The van der Waals surface area contributed by atoms with Gasteiger partial charge in [0.2, 0.25) is 11.8 Å². The summed E-state index contributed by atoms with van der Waals surface area (Å²) in [5, 5.41) is 0. The SMILES string of the molecule is O=C(c1cccc(N2C(=O)C3C4C=CC(C5CC45)C3C2=O)c1)N1CCCCCC1. The average molecular weight is 390 g/mol. The first kappa shape index (κ1) is 17.4. The van der Waals surface area contributed by atoms with Crippen LogP contribution in [-0.2, 0) is 9.59 Å². The van der Waals surface area contributed by atoms with E-state index in [1.54, 1.807) is 24.3 Å². The summed E-state index contributed by atoms with van der Waals surface area (Å²) in [6, 6.07) is 7.14. The van der Waals surface area contributed by atoms with Crippen LogP contribution in [0.3, 0.4) is 0 Å². The first-order valence-electron chi connectivity index (χ1n) is 11.1. The lowest BCUT2D eigenvalue weighted by atomic mass is 9.63. The molecule has 4 aliphatic carbocycles. The molecule has 5 nitrogen and oxygen atoms in total. The highest BCUT2D eigenvalue weighted by molar-refractivity contribution is 6.23. The Morgan fingerprint density at radius 1 is 0.862 bits per heavy atom. The monoisotopic (exact) mass is 390 g/mol. The van der Waals surface area contributed by atoms with Crippen LogP contribution in [0.5, 0.6) is 0 Å². The number of amides is 3. The molecule has 3 amide bonds. The number of hydrogen-bond donors (Lipinski definition) is 0. The molecule has 0 N–H and O–H groups in total. The van der Waals surface area contributed by atoms with E-state index in [0.717, 1.165) is 32.4 Å². The molecule has 2 bridgehead atoms. The smallest absolute Gasteiger partial charge is 0.253 e. The van der Waals surface area contributed by atoms with Crippen LogP contribution in [0.2, 0.25) is 0 Å². The largest absolute Gasteiger partial charge is 0.339 e. The molecule has 6 aliphatic rings. The molecule has 1 aromatic carbocycles. The van der Waals surface area contributed by atoms with Crippen molar-refractivity contribution in [3.63, 3.8) is 0 Å². The minimum atomic E-state index is -0.203. The van der Waals surface area contributed by atoms with E-state index in [4.69, 9.17) is 0 Å². The van der Waals surface area contributed by atoms with E-state index in [1.165, 1.54) is 17.7 Å². The number of imide groups is 1. The molecule has 6 unspecified atom stereocenters. The van der Waals surface area contributed by atoms with Gasteiger partial charge >= 0.3 is 0 Å². The van der Waals surface area contributed by atoms with Gasteiger partial charge in [-0.05, 0) is 61.1 Å². The van der Waals surface area contributed by atoms with Gasteiger partial charge in [-0.25, -0.2) is 4.90 Å². The second kappa shape index (κ2) is 6.28. The Morgan fingerprint density at radius 3 is 2.10 bits per heavy atom. The molecular formula is C24H26N2O3. The van der Waals surface area contributed by atoms with Gasteiger partial charge in [-0.3, -0.25) is 14.4 Å². The maximum absolute atomic E-state index is 13.3. The second-order valence-electron chi connectivity index (χ2n) is 9.42. The fraction of sp³-hybridized carbons (Fsp3) is 0.542. The molecule has 150 valence electrons. The molecule has 2 saturated carbocycles. The molecule has 29 heavy (non-hydrogen) atoms. The molecule has 5 heteroatoms. The van der Waals surface area contributed by atoms with E-state index >= 15 is 0 Å². The number of benzene rings is 1. The third-order valence-electron chi connectivity index (χ3n) is 7.91. The zero-order valence-electron chi connectivity index (χ0n) is 16.5. The van der Waals surface area contributed by atoms with Gasteiger partial charge in [0.25, 0.3) is 5.91 Å². The lowest BCUT2D eigenvalue weighted by Gasteiger charge is -2.37. The minimum Gasteiger partial charge on any atom is -0.339 e. The zero-order chi connectivity index (χ0) is 19.7. The van der Waals surface area contributed by atoms with Crippen LogP contribution in [0.1, 0.15) is 42.5 Å². The Balaban J connectivity index is 1.30. The normalized spacial score (nSPS) is 37.4. The summed E-state index contributed by atoms with van der Waals surface area (Å²) in [7, 11) is 0. The number of carbonyl (C=O) groups is 3. The molecule has 0 radical (unpaired) electrons. The van der Waals surface area contributed by atoms with Crippen molar-refractivity contribution in [3.8, 4) is 0 Å². The maximum atomic E-state index is 13.3. The summed E-state index contributed by atoms with van der Waals surface area (Å²) < 4.78 is 0. The summed E-state index contributed by atoms with van der Waals surface area (Å²) in [5.41, 5.74) is 1.13. The fourth-order valence-corrected chi connectivity index (χ4v) is 6.45. The molecule has 0 aromatic heterocycles. The highest BCUT2D eigenvalue weighted by Crippen LogP contribution is 2.65. The van der Waals surface area contributed by atoms with Crippen molar-refractivity contribution < 1.29 is 14.4 Å². The second-order valence-corrected chi connectivity index (χ2v) is 9.42. The van der Waals surface area contributed by atoms with E-state index in [0.29, 0.717) is 23.1 Å². The third-order valence-corrected chi connectivity index (χ3v) is 7.91. The topological polar surface area (TPSA) is 57.7 Å². The van der Waals surface area contributed by atoms with Crippen LogP contribution >= 0.6 is 0 Å². The molecular weight excluding hydrogens is 364 g/mol. The van der Waals surface area contributed by atoms with E-state index in [2.05, 4.69) is 12.2 Å². The van der Waals surface area contributed by atoms with Gasteiger partial charge in [-0.1, -0.05) is 31.1 Å². The van der Waals surface area contributed by atoms with Crippen LogP contribution in [-0.4, -0.2) is 35.7 Å². The standard InChI is InChI=1S/C24H26N2O3/c27-22(25-10-3-1-2-4-11-25)14-6-5-7-15(12-14)26-23(28)20-16-8-9-17(19-13-18(16)19)21(20)24(26)29/h5-9,12,16-21H,1-4,10-11,13H2. The number of rotatable bonds is 2. The lowest BCUT2D eigenvalue weighted by molar-refractivity contribution is -0.124. The van der Waals surface area contributed by atoms with Crippen LogP contribution in [0.4, 0.5) is 5.69 Å². The number of allylic oxidation sites excluding steroid dienone is 2. The molecule has 2 heterocycles. The predicted molar refractivity (Wildman–Crippen MR) is 108 cm³/mol. The number of likely N-dealkylation sites (tertiary alicyclic amines) is 1. The van der Waals surface area contributed by atoms with E-state index in [1.807, 2.05) is 4.90 Å². The van der Waals surface area contributed by atoms with Crippen LogP contribution in [0, 0.1) is 35.5 Å². The third kappa shape index (κ3) is 2.49. The van der Waals surface area contributed by atoms with E-state index < -0.39 is 0 Å².